The first-order valence-corrected chi connectivity index (χ1v) is 8.39. The number of methoxy groups -OCH3 is 2. The molecule has 0 fully saturated rings. The fourth-order valence-electron chi connectivity index (χ4n) is 2.46. The molecule has 0 heterocycles. The number of aromatic hydroxyl groups is 1. The summed E-state index contributed by atoms with van der Waals surface area (Å²) in [4.78, 5) is 23.8. The number of phenolic OH excluding ortho intramolecular Hbond substituents is 1. The van der Waals surface area contributed by atoms with Crippen molar-refractivity contribution < 1.29 is 28.9 Å². The summed E-state index contributed by atoms with van der Waals surface area (Å²) in [5.41, 5.74) is 1.81. The summed E-state index contributed by atoms with van der Waals surface area (Å²) < 4.78 is 15.3. The zero-order valence-corrected chi connectivity index (χ0v) is 15.6. The van der Waals surface area contributed by atoms with Crippen molar-refractivity contribution in [2.75, 3.05) is 27.4 Å². The molecule has 0 atom stereocenters. The molecule has 2 N–H and O–H groups in total. The van der Waals surface area contributed by atoms with E-state index in [1.54, 1.807) is 33.3 Å². The van der Waals surface area contributed by atoms with Crippen LogP contribution in [0.1, 0.15) is 21.5 Å². The monoisotopic (exact) mass is 373 g/mol. The van der Waals surface area contributed by atoms with Gasteiger partial charge in [-0.3, -0.25) is 4.79 Å². The molecule has 7 heteroatoms. The van der Waals surface area contributed by atoms with Gasteiger partial charge in [0.15, 0.2) is 18.1 Å². The second-order valence-electron chi connectivity index (χ2n) is 5.89. The van der Waals surface area contributed by atoms with Gasteiger partial charge in [0.25, 0.3) is 5.91 Å². The number of benzene rings is 2. The van der Waals surface area contributed by atoms with Gasteiger partial charge < -0.3 is 24.6 Å². The maximum absolute atomic E-state index is 11.9. The molecule has 7 nitrogen and oxygen atoms in total. The summed E-state index contributed by atoms with van der Waals surface area (Å²) in [6, 6.07) is 10.1. The lowest BCUT2D eigenvalue weighted by Crippen LogP contribution is -2.30. The fourth-order valence-corrected chi connectivity index (χ4v) is 2.46. The summed E-state index contributed by atoms with van der Waals surface area (Å²) in [6.45, 7) is 1.75. The van der Waals surface area contributed by atoms with Crippen LogP contribution in [0.25, 0.3) is 0 Å². The Kier molecular flexibility index (Phi) is 7.05. The minimum Gasteiger partial charge on any atom is -0.507 e. The Morgan fingerprint density at radius 3 is 2.44 bits per heavy atom. The highest BCUT2D eigenvalue weighted by atomic mass is 16.5. The predicted octanol–water partition coefficient (Wildman–Crippen LogP) is 2.23. The zero-order chi connectivity index (χ0) is 19.8. The molecule has 0 bridgehead atoms. The van der Waals surface area contributed by atoms with Crippen molar-refractivity contribution in [2.45, 2.75) is 13.3 Å². The third-order valence-corrected chi connectivity index (χ3v) is 3.89. The maximum Gasteiger partial charge on any atom is 0.342 e. The van der Waals surface area contributed by atoms with Gasteiger partial charge in [-0.1, -0.05) is 12.1 Å². The fraction of sp³-hybridized carbons (Fsp3) is 0.300. The van der Waals surface area contributed by atoms with Crippen LogP contribution in [0.2, 0.25) is 0 Å². The Hall–Kier alpha value is -3.22. The van der Waals surface area contributed by atoms with E-state index in [-0.39, 0.29) is 11.3 Å². The number of ether oxygens (including phenoxy) is 3. The van der Waals surface area contributed by atoms with Crippen LogP contribution in [0.5, 0.6) is 17.2 Å². The highest BCUT2D eigenvalue weighted by Crippen LogP contribution is 2.27. The summed E-state index contributed by atoms with van der Waals surface area (Å²) in [5, 5.41) is 12.4. The molecule has 144 valence electrons. The first-order chi connectivity index (χ1) is 12.9. The van der Waals surface area contributed by atoms with Crippen molar-refractivity contribution in [1.82, 2.24) is 5.32 Å². The molecular weight excluding hydrogens is 350 g/mol. The van der Waals surface area contributed by atoms with E-state index in [1.165, 1.54) is 12.1 Å². The van der Waals surface area contributed by atoms with Gasteiger partial charge in [-0.25, -0.2) is 4.79 Å². The molecule has 0 aliphatic carbocycles. The highest BCUT2D eigenvalue weighted by Gasteiger charge is 2.14. The van der Waals surface area contributed by atoms with Gasteiger partial charge in [0, 0.05) is 6.54 Å². The molecule has 2 aromatic carbocycles. The van der Waals surface area contributed by atoms with Crippen LogP contribution in [0.3, 0.4) is 0 Å². The van der Waals surface area contributed by atoms with Crippen LogP contribution in [0, 0.1) is 6.92 Å². The molecule has 0 spiro atoms. The Bertz CT molecular complexity index is 818. The number of hydrogen-bond donors (Lipinski definition) is 2. The van der Waals surface area contributed by atoms with Gasteiger partial charge >= 0.3 is 5.97 Å². The van der Waals surface area contributed by atoms with Gasteiger partial charge in [0.05, 0.1) is 14.2 Å². The summed E-state index contributed by atoms with van der Waals surface area (Å²) in [7, 11) is 3.12. The maximum atomic E-state index is 11.9. The van der Waals surface area contributed by atoms with Crippen LogP contribution in [-0.4, -0.2) is 44.4 Å². The van der Waals surface area contributed by atoms with E-state index in [0.717, 1.165) is 11.1 Å². The summed E-state index contributed by atoms with van der Waals surface area (Å²) >= 11 is 0. The molecule has 27 heavy (non-hydrogen) atoms. The lowest BCUT2D eigenvalue weighted by molar-refractivity contribution is -0.124. The average Bonchev–Trinajstić information content (AvgIpc) is 2.66. The van der Waals surface area contributed by atoms with Crippen LogP contribution in [0.15, 0.2) is 36.4 Å². The first kappa shape index (κ1) is 20.1. The van der Waals surface area contributed by atoms with Gasteiger partial charge in [0.1, 0.15) is 11.3 Å². The molecule has 0 unspecified atom stereocenters. The minimum absolute atomic E-state index is 0.0266. The molecular formula is C20H23NO6. The van der Waals surface area contributed by atoms with Crippen molar-refractivity contribution in [3.8, 4) is 17.2 Å². The molecule has 0 aromatic heterocycles. The second-order valence-corrected chi connectivity index (χ2v) is 5.89. The Labute approximate surface area is 157 Å². The first-order valence-electron chi connectivity index (χ1n) is 8.39. The molecule has 2 rings (SSSR count). The number of amides is 1. The summed E-state index contributed by atoms with van der Waals surface area (Å²) in [5.74, 6) is -0.0865. The number of phenols is 1. The van der Waals surface area contributed by atoms with Gasteiger partial charge in [0.2, 0.25) is 0 Å². The normalized spacial score (nSPS) is 10.2. The molecule has 2 aromatic rings. The average molecular weight is 373 g/mol. The van der Waals surface area contributed by atoms with Crippen molar-refractivity contribution >= 4 is 11.9 Å². The van der Waals surface area contributed by atoms with Crippen molar-refractivity contribution in [1.29, 1.82) is 0 Å². The quantitative estimate of drug-likeness (QED) is 0.689. The topological polar surface area (TPSA) is 94.1 Å². The number of carbonyl (C=O) groups excluding carboxylic acids is 2. The number of carbonyl (C=O) groups is 2. The molecule has 0 saturated heterocycles. The Morgan fingerprint density at radius 2 is 1.78 bits per heavy atom. The van der Waals surface area contributed by atoms with E-state index in [0.29, 0.717) is 24.5 Å². The standard InChI is InChI=1S/C20H23NO6/c1-13-4-6-15(16(22)10-13)20(24)27-12-19(23)21-9-8-14-5-7-17(25-2)18(11-14)26-3/h4-7,10-11,22H,8-9,12H2,1-3H3,(H,21,23). The van der Waals surface area contributed by atoms with Crippen LogP contribution in [0.4, 0.5) is 0 Å². The van der Waals surface area contributed by atoms with Gasteiger partial charge in [-0.05, 0) is 48.7 Å². The van der Waals surface area contributed by atoms with E-state index < -0.39 is 18.5 Å². The highest BCUT2D eigenvalue weighted by molar-refractivity contribution is 5.93. The third kappa shape index (κ3) is 5.64. The lowest BCUT2D eigenvalue weighted by atomic mass is 10.1. The lowest BCUT2D eigenvalue weighted by Gasteiger charge is -2.10. The molecule has 0 aliphatic heterocycles. The number of hydrogen-bond acceptors (Lipinski definition) is 6. The predicted molar refractivity (Wildman–Crippen MR) is 99.4 cm³/mol. The van der Waals surface area contributed by atoms with Crippen LogP contribution < -0.4 is 14.8 Å². The van der Waals surface area contributed by atoms with E-state index in [4.69, 9.17) is 14.2 Å². The van der Waals surface area contributed by atoms with Crippen molar-refractivity contribution in [3.63, 3.8) is 0 Å². The van der Waals surface area contributed by atoms with Crippen LogP contribution >= 0.6 is 0 Å². The van der Waals surface area contributed by atoms with Gasteiger partial charge in [-0.2, -0.15) is 0 Å². The van der Waals surface area contributed by atoms with Gasteiger partial charge in [-0.15, -0.1) is 0 Å². The van der Waals surface area contributed by atoms with E-state index in [1.807, 2.05) is 12.1 Å². The van der Waals surface area contributed by atoms with Crippen LogP contribution in [-0.2, 0) is 16.0 Å². The zero-order valence-electron chi connectivity index (χ0n) is 15.6. The molecule has 0 saturated carbocycles. The minimum atomic E-state index is -0.748. The summed E-state index contributed by atoms with van der Waals surface area (Å²) in [6.07, 6.45) is 0.582. The third-order valence-electron chi connectivity index (χ3n) is 3.89. The van der Waals surface area contributed by atoms with Crippen molar-refractivity contribution in [2.24, 2.45) is 0 Å². The smallest absolute Gasteiger partial charge is 0.342 e. The molecule has 0 aliphatic rings. The van der Waals surface area contributed by atoms with E-state index in [9.17, 15) is 14.7 Å². The van der Waals surface area contributed by atoms with E-state index >= 15 is 0 Å². The number of aryl methyl sites for hydroxylation is 1. The molecule has 1 amide bonds. The van der Waals surface area contributed by atoms with Crippen molar-refractivity contribution in [3.05, 3.63) is 53.1 Å². The second kappa shape index (κ2) is 9.47. The Morgan fingerprint density at radius 1 is 1.04 bits per heavy atom. The number of nitrogens with one attached hydrogen (secondary N) is 1. The SMILES string of the molecule is COc1ccc(CCNC(=O)COC(=O)c2ccc(C)cc2O)cc1OC. The molecule has 0 radical (unpaired) electrons. The van der Waals surface area contributed by atoms with E-state index in [2.05, 4.69) is 5.32 Å². The largest absolute Gasteiger partial charge is 0.507 e. The number of esters is 1. The Balaban J connectivity index is 1.78. The number of rotatable bonds is 8.